The molecule has 1 aliphatic heterocycles. The minimum absolute atomic E-state index is 0.0326. The number of hydrogen-bond donors (Lipinski definition) is 2. The van der Waals surface area contributed by atoms with Gasteiger partial charge in [0.25, 0.3) is 0 Å². The van der Waals surface area contributed by atoms with E-state index in [0.29, 0.717) is 48.0 Å². The third kappa shape index (κ3) is 5.33. The Morgan fingerprint density at radius 2 is 1.86 bits per heavy atom. The van der Waals surface area contributed by atoms with Crippen molar-refractivity contribution in [1.82, 2.24) is 14.9 Å². The number of carbonyl (C=O) groups excluding carboxylic acids is 1. The average molecular weight is 524 g/mol. The Morgan fingerprint density at radius 3 is 2.51 bits per heavy atom. The number of amides is 1. The number of halogens is 4. The van der Waals surface area contributed by atoms with Crippen molar-refractivity contribution in [3.63, 3.8) is 0 Å². The van der Waals surface area contributed by atoms with Crippen LogP contribution < -0.4 is 15.5 Å². The Bertz CT molecular complexity index is 1260. The lowest BCUT2D eigenvalue weighted by Gasteiger charge is -2.31. The number of hydrogen-bond acceptors (Lipinski definition) is 4. The summed E-state index contributed by atoms with van der Waals surface area (Å²) in [6.07, 6.45) is 0.159. The highest BCUT2D eigenvalue weighted by Gasteiger charge is 2.24. The molecule has 2 aromatic carbocycles. The standard InChI is InChI=1S/C25H29Cl2F2N5O/c1-25(2,3)23(35)30-13-14-5-6-16(26)22(21(14)29)32-24-31-18-11-17(27)19(12-20(18)33(24)4)34-9-7-15(28)8-10-34/h5-6,11-12,15H,7-10,13H2,1-4H3,(H,30,35)(H,31,32). The molecule has 35 heavy (non-hydrogen) atoms. The van der Waals surface area contributed by atoms with Crippen molar-refractivity contribution in [2.24, 2.45) is 12.5 Å². The molecule has 1 amide bonds. The molecule has 1 saturated heterocycles. The molecule has 6 nitrogen and oxygen atoms in total. The predicted molar refractivity (Wildman–Crippen MR) is 138 cm³/mol. The Labute approximate surface area is 213 Å². The highest BCUT2D eigenvalue weighted by Crippen LogP contribution is 2.36. The van der Waals surface area contributed by atoms with Gasteiger partial charge in [-0.05, 0) is 31.0 Å². The molecule has 2 N–H and O–H groups in total. The van der Waals surface area contributed by atoms with Gasteiger partial charge in [0.1, 0.15) is 6.17 Å². The van der Waals surface area contributed by atoms with Gasteiger partial charge in [-0.1, -0.05) is 50.0 Å². The van der Waals surface area contributed by atoms with Crippen LogP contribution in [0.4, 0.5) is 26.1 Å². The number of rotatable bonds is 5. The second-order valence-electron chi connectivity index (χ2n) is 9.90. The summed E-state index contributed by atoms with van der Waals surface area (Å²) in [5, 5.41) is 6.48. The Kier molecular flexibility index (Phi) is 7.16. The maximum atomic E-state index is 15.4. The molecule has 0 spiro atoms. The number of carbonyl (C=O) groups is 1. The van der Waals surface area contributed by atoms with Crippen molar-refractivity contribution >= 4 is 57.5 Å². The number of piperidine rings is 1. The van der Waals surface area contributed by atoms with Crippen LogP contribution >= 0.6 is 23.2 Å². The van der Waals surface area contributed by atoms with E-state index in [0.717, 1.165) is 11.2 Å². The van der Waals surface area contributed by atoms with Crippen LogP contribution in [0.5, 0.6) is 0 Å². The summed E-state index contributed by atoms with van der Waals surface area (Å²) in [5.41, 5.74) is 2.03. The third-order valence-electron chi connectivity index (χ3n) is 6.24. The van der Waals surface area contributed by atoms with Gasteiger partial charge in [0.2, 0.25) is 11.9 Å². The van der Waals surface area contributed by atoms with Gasteiger partial charge < -0.3 is 20.1 Å². The van der Waals surface area contributed by atoms with E-state index in [-0.39, 0.29) is 23.2 Å². The first-order chi connectivity index (χ1) is 16.5. The molecule has 0 saturated carbocycles. The zero-order valence-electron chi connectivity index (χ0n) is 20.2. The number of fused-ring (bicyclic) bond motifs is 1. The van der Waals surface area contributed by atoms with E-state index in [1.54, 1.807) is 43.5 Å². The molecular formula is C25H29Cl2F2N5O. The van der Waals surface area contributed by atoms with Crippen LogP contribution in [0.3, 0.4) is 0 Å². The first-order valence-electron chi connectivity index (χ1n) is 11.5. The summed E-state index contributed by atoms with van der Waals surface area (Å²) in [7, 11) is 1.81. The van der Waals surface area contributed by atoms with Gasteiger partial charge in [-0.25, -0.2) is 13.8 Å². The maximum Gasteiger partial charge on any atom is 0.225 e. The summed E-state index contributed by atoms with van der Waals surface area (Å²) in [6, 6.07) is 6.81. The zero-order chi connectivity index (χ0) is 25.5. The van der Waals surface area contributed by atoms with Crippen LogP contribution in [0.2, 0.25) is 10.0 Å². The minimum Gasteiger partial charge on any atom is -0.370 e. The smallest absolute Gasteiger partial charge is 0.225 e. The van der Waals surface area contributed by atoms with E-state index in [4.69, 9.17) is 23.2 Å². The van der Waals surface area contributed by atoms with Gasteiger partial charge in [-0.3, -0.25) is 4.79 Å². The van der Waals surface area contributed by atoms with Gasteiger partial charge >= 0.3 is 0 Å². The number of alkyl halides is 1. The molecule has 0 bridgehead atoms. The third-order valence-corrected chi connectivity index (χ3v) is 6.86. The fraction of sp³-hybridized carbons (Fsp3) is 0.440. The molecule has 0 radical (unpaired) electrons. The van der Waals surface area contributed by atoms with Crippen LogP contribution in [-0.4, -0.2) is 34.7 Å². The summed E-state index contributed by atoms with van der Waals surface area (Å²) >= 11 is 12.9. The summed E-state index contributed by atoms with van der Waals surface area (Å²) < 4.78 is 30.7. The van der Waals surface area contributed by atoms with Crippen molar-refractivity contribution < 1.29 is 13.6 Å². The average Bonchev–Trinajstić information content (AvgIpc) is 3.09. The molecule has 2 heterocycles. The molecule has 4 rings (SSSR count). The van der Waals surface area contributed by atoms with Crippen molar-refractivity contribution in [3.8, 4) is 0 Å². The van der Waals surface area contributed by atoms with E-state index < -0.39 is 17.4 Å². The molecule has 3 aromatic rings. The number of nitrogens with zero attached hydrogens (tertiary/aromatic N) is 3. The quantitative estimate of drug-likeness (QED) is 0.408. The highest BCUT2D eigenvalue weighted by molar-refractivity contribution is 6.34. The zero-order valence-corrected chi connectivity index (χ0v) is 21.7. The predicted octanol–water partition coefficient (Wildman–Crippen LogP) is 6.36. The number of imidazole rings is 1. The fourth-order valence-corrected chi connectivity index (χ4v) is 4.51. The molecule has 188 valence electrons. The monoisotopic (exact) mass is 523 g/mol. The molecule has 1 aliphatic rings. The number of benzene rings is 2. The number of aryl methyl sites for hydroxylation is 1. The molecule has 10 heteroatoms. The van der Waals surface area contributed by atoms with E-state index in [1.165, 1.54) is 0 Å². The first-order valence-corrected chi connectivity index (χ1v) is 12.3. The maximum absolute atomic E-state index is 15.4. The summed E-state index contributed by atoms with van der Waals surface area (Å²) in [5.74, 6) is -0.362. The van der Waals surface area contributed by atoms with E-state index in [9.17, 15) is 9.18 Å². The van der Waals surface area contributed by atoms with Crippen molar-refractivity contribution in [2.75, 3.05) is 23.3 Å². The van der Waals surface area contributed by atoms with Crippen molar-refractivity contribution in [1.29, 1.82) is 0 Å². The molecule has 0 atom stereocenters. The van der Waals surface area contributed by atoms with Crippen LogP contribution in [0.1, 0.15) is 39.2 Å². The topological polar surface area (TPSA) is 62.2 Å². The van der Waals surface area contributed by atoms with Gasteiger partial charge in [0.15, 0.2) is 5.82 Å². The van der Waals surface area contributed by atoms with Gasteiger partial charge in [0.05, 0.1) is 32.5 Å². The van der Waals surface area contributed by atoms with Crippen LogP contribution in [-0.2, 0) is 18.4 Å². The van der Waals surface area contributed by atoms with Crippen LogP contribution in [0.25, 0.3) is 11.0 Å². The lowest BCUT2D eigenvalue weighted by Crippen LogP contribution is -2.34. The second kappa shape index (κ2) is 9.82. The largest absolute Gasteiger partial charge is 0.370 e. The van der Waals surface area contributed by atoms with Crippen molar-refractivity contribution in [3.05, 3.63) is 45.7 Å². The van der Waals surface area contributed by atoms with Crippen molar-refractivity contribution in [2.45, 2.75) is 46.3 Å². The minimum atomic E-state index is -0.779. The van der Waals surface area contributed by atoms with Crippen LogP contribution in [0.15, 0.2) is 24.3 Å². The second-order valence-corrected chi connectivity index (χ2v) is 10.7. The fourth-order valence-electron chi connectivity index (χ4n) is 4.04. The normalized spacial score (nSPS) is 15.0. The van der Waals surface area contributed by atoms with Gasteiger partial charge in [-0.15, -0.1) is 0 Å². The Hall–Kier alpha value is -2.58. The van der Waals surface area contributed by atoms with Crippen LogP contribution in [0, 0.1) is 11.2 Å². The van der Waals surface area contributed by atoms with E-state index >= 15 is 4.39 Å². The molecule has 1 aromatic heterocycles. The lowest BCUT2D eigenvalue weighted by molar-refractivity contribution is -0.128. The van der Waals surface area contributed by atoms with Gasteiger partial charge in [-0.2, -0.15) is 0 Å². The number of aromatic nitrogens is 2. The summed E-state index contributed by atoms with van der Waals surface area (Å²) in [4.78, 5) is 18.9. The Balaban J connectivity index is 1.62. The molecular weight excluding hydrogens is 495 g/mol. The number of nitrogens with one attached hydrogen (secondary N) is 2. The summed E-state index contributed by atoms with van der Waals surface area (Å²) in [6.45, 7) is 6.59. The molecule has 1 fully saturated rings. The SMILES string of the molecule is Cn1c(Nc2c(Cl)ccc(CNC(=O)C(C)(C)C)c2F)nc2cc(Cl)c(N3CCC(F)CC3)cc21. The van der Waals surface area contributed by atoms with Gasteiger partial charge in [0, 0.05) is 37.7 Å². The highest BCUT2D eigenvalue weighted by atomic mass is 35.5. The first kappa shape index (κ1) is 25.5. The molecule has 0 unspecified atom stereocenters. The lowest BCUT2D eigenvalue weighted by atomic mass is 9.95. The molecule has 0 aliphatic carbocycles. The Morgan fingerprint density at radius 1 is 1.17 bits per heavy atom. The number of anilines is 3. The van der Waals surface area contributed by atoms with E-state index in [1.807, 2.05) is 13.1 Å². The van der Waals surface area contributed by atoms with E-state index in [2.05, 4.69) is 20.5 Å².